The third kappa shape index (κ3) is 31.7. The highest BCUT2D eigenvalue weighted by Crippen LogP contribution is 2.35. The number of benzene rings is 10. The molecule has 3 saturated heterocycles. The van der Waals surface area contributed by atoms with Crippen LogP contribution in [0.2, 0.25) is 5.28 Å². The van der Waals surface area contributed by atoms with E-state index in [9.17, 15) is 50.3 Å². The Morgan fingerprint density at radius 3 is 0.871 bits per heavy atom. The van der Waals surface area contributed by atoms with E-state index in [0.29, 0.717) is 72.2 Å². The number of hydrogen-bond donors (Lipinski definition) is 4. The summed E-state index contributed by atoms with van der Waals surface area (Å²) in [7, 11) is 0. The Bertz CT molecular complexity index is 5740. The number of aryl methyl sites for hydroxylation is 3. The van der Waals surface area contributed by atoms with Crippen LogP contribution >= 0.6 is 71.3 Å². The number of amides is 3. The van der Waals surface area contributed by atoms with E-state index in [-0.39, 0.29) is 94.0 Å². The maximum atomic E-state index is 13.1. The van der Waals surface area contributed by atoms with Crippen molar-refractivity contribution in [2.24, 2.45) is 5.73 Å². The molecule has 10 aromatic carbocycles. The van der Waals surface area contributed by atoms with E-state index >= 15 is 0 Å². The molecule has 23 nitrogen and oxygen atoms in total. The number of anilines is 5. The number of rotatable bonds is 23. The Morgan fingerprint density at radius 2 is 0.614 bits per heavy atom. The van der Waals surface area contributed by atoms with Crippen molar-refractivity contribution in [3.63, 3.8) is 0 Å². The van der Waals surface area contributed by atoms with Gasteiger partial charge in [-0.25, -0.2) is 60.4 Å². The molecule has 3 amide bonds. The van der Waals surface area contributed by atoms with Crippen LogP contribution in [0.5, 0.6) is 0 Å². The normalized spacial score (nSPS) is 14.7. The van der Waals surface area contributed by atoms with Gasteiger partial charge in [-0.15, -0.1) is 12.6 Å². The van der Waals surface area contributed by atoms with Gasteiger partial charge in [-0.3, -0.25) is 9.59 Å². The van der Waals surface area contributed by atoms with Crippen molar-refractivity contribution in [1.29, 1.82) is 0 Å². The Kier molecular flexibility index (Phi) is 38.7. The van der Waals surface area contributed by atoms with Gasteiger partial charge >= 0.3 is 18.3 Å². The first-order valence-electron chi connectivity index (χ1n) is 41.6. The molecule has 6 atom stereocenters. The summed E-state index contributed by atoms with van der Waals surface area (Å²) in [6.45, 7) is 21.2. The number of nitrogens with zero attached hydrogens (tertiary/aromatic N) is 12. The number of ether oxygens (including phenoxy) is 3. The smallest absolute Gasteiger partial charge is 0.417 e. The summed E-state index contributed by atoms with van der Waals surface area (Å²) in [6.07, 6.45) is 0.962. The molecular formula is C97H96ClF6N15O8S5. The van der Waals surface area contributed by atoms with Gasteiger partial charge in [0.05, 0.1) is 30.2 Å². The van der Waals surface area contributed by atoms with Crippen molar-refractivity contribution in [2.45, 2.75) is 176 Å². The lowest BCUT2D eigenvalue weighted by atomic mass is 10.1. The van der Waals surface area contributed by atoms with Crippen LogP contribution in [0.3, 0.4) is 0 Å². The lowest BCUT2D eigenvalue weighted by molar-refractivity contribution is 0.100. The zero-order valence-electron chi connectivity index (χ0n) is 73.7. The molecule has 686 valence electrons. The van der Waals surface area contributed by atoms with E-state index in [1.54, 1.807) is 136 Å². The number of ketones is 2. The summed E-state index contributed by atoms with van der Waals surface area (Å²) in [5.41, 5.74) is 10.3. The largest absolute Gasteiger partial charge is 0.447 e. The molecule has 4 N–H and O–H groups in total. The average Bonchev–Trinajstić information content (AvgIpc) is 1.74. The van der Waals surface area contributed by atoms with E-state index in [0.717, 1.165) is 80.0 Å². The fourth-order valence-corrected chi connectivity index (χ4v) is 15.9. The van der Waals surface area contributed by atoms with Crippen molar-refractivity contribution in [2.75, 3.05) is 45.2 Å². The summed E-state index contributed by atoms with van der Waals surface area (Å²) in [4.78, 5) is 109. The van der Waals surface area contributed by atoms with Crippen LogP contribution in [0.15, 0.2) is 287 Å². The second-order valence-corrected chi connectivity index (χ2v) is 35.0. The molecule has 0 saturated carbocycles. The summed E-state index contributed by atoms with van der Waals surface area (Å²) in [5.74, 6) is 1.73. The monoisotopic (exact) mass is 1910 g/mol. The average molecular weight is 1910 g/mol. The molecule has 16 rings (SSSR count). The number of carbonyl (C=O) groups excluding carboxylic acids is 5. The molecule has 3 aliphatic heterocycles. The van der Waals surface area contributed by atoms with Crippen LogP contribution in [0.4, 0.5) is 70.5 Å². The zero-order valence-corrected chi connectivity index (χ0v) is 78.7. The van der Waals surface area contributed by atoms with Crippen molar-refractivity contribution in [3.05, 3.63) is 328 Å². The molecule has 3 aromatic heterocycles. The van der Waals surface area contributed by atoms with E-state index in [4.69, 9.17) is 31.5 Å². The molecule has 0 spiro atoms. The third-order valence-electron chi connectivity index (χ3n) is 19.5. The van der Waals surface area contributed by atoms with Crippen LogP contribution < -0.4 is 31.1 Å². The lowest BCUT2D eigenvalue weighted by Gasteiger charge is -2.20. The van der Waals surface area contributed by atoms with E-state index < -0.39 is 18.3 Å². The molecule has 1 unspecified atom stereocenters. The van der Waals surface area contributed by atoms with Gasteiger partial charge in [0, 0.05) is 61.2 Å². The Labute approximate surface area is 789 Å². The quantitative estimate of drug-likeness (QED) is 0.0200. The highest BCUT2D eigenvalue weighted by Gasteiger charge is 2.38. The first-order valence-corrected chi connectivity index (χ1v) is 45.7. The minimum absolute atomic E-state index is 0.0367. The Morgan fingerprint density at radius 1 is 0.379 bits per heavy atom. The standard InChI is InChI=1S/2C23H24FN5O2S.C14H14FNS.C14H11FOS.C9H11ClN4O2.C8H7FO.C6H5FS/c2*1-4-18-13-31-23(30)29(18)22-27-15(3)26-21(28-22)25-14(2)16-5-9-19(10-6-16)32-20-11-7-17(24)8-12-20;2*1-10(16)11-2-6-13(7-3-11)17-14-8-4-12(15)5-9-14;1-3-6-4-16-9(15)14(6)8-12-5(2)11-7(10)13-8;1-6(10)7-2-4-8(9)5-3-7;7-5-1-3-6(8)4-2-5/h2*5-12,14,18H,4,13H2,1-3H3,(H,25,26,27,28);2-10H,16H2,1H3;2-9H,1H3;6H,3-4H2,1-2H3;2-5H,1H3;1-4,8H/t14-,18+;14-,18-;;;6-;;/m10..0../s1. The van der Waals surface area contributed by atoms with Crippen molar-refractivity contribution in [1.82, 2.24) is 44.9 Å². The van der Waals surface area contributed by atoms with Gasteiger partial charge in [-0.1, -0.05) is 116 Å². The number of carbonyl (C=O) groups is 5. The second kappa shape index (κ2) is 50.3. The van der Waals surface area contributed by atoms with Crippen LogP contribution in [-0.2, 0) is 14.2 Å². The summed E-state index contributed by atoms with van der Waals surface area (Å²) in [6, 6.07) is 68.6. The molecule has 0 bridgehead atoms. The van der Waals surface area contributed by atoms with Crippen LogP contribution in [-0.4, -0.2) is 113 Å². The predicted octanol–water partition coefficient (Wildman–Crippen LogP) is 24.6. The second-order valence-electron chi connectivity index (χ2n) is 29.6. The minimum atomic E-state index is -0.437. The highest BCUT2D eigenvalue weighted by atomic mass is 35.5. The van der Waals surface area contributed by atoms with E-state index in [1.165, 1.54) is 118 Å². The minimum Gasteiger partial charge on any atom is -0.447 e. The fourth-order valence-electron chi connectivity index (χ4n) is 12.3. The van der Waals surface area contributed by atoms with Gasteiger partial charge < -0.3 is 30.6 Å². The predicted molar refractivity (Wildman–Crippen MR) is 507 cm³/mol. The summed E-state index contributed by atoms with van der Waals surface area (Å²) in [5, 5.41) is 6.67. The number of aromatic nitrogens is 9. The molecule has 6 heterocycles. The Hall–Kier alpha value is -12.4. The number of hydrogen-bond acceptors (Lipinski definition) is 25. The maximum Gasteiger partial charge on any atom is 0.417 e. The lowest BCUT2D eigenvalue weighted by Crippen LogP contribution is -2.34. The number of nitrogens with two attached hydrogens (primary N) is 1. The molecular weight excluding hydrogens is 1810 g/mol. The number of nitrogens with one attached hydrogen (secondary N) is 2. The molecule has 13 aromatic rings. The van der Waals surface area contributed by atoms with Crippen LogP contribution in [0.1, 0.15) is 148 Å². The molecule has 0 radical (unpaired) electrons. The molecule has 3 fully saturated rings. The highest BCUT2D eigenvalue weighted by molar-refractivity contribution is 8.00. The molecule has 0 aliphatic carbocycles. The SMILES string of the molecule is CC(=O)c1ccc(F)cc1.CC(=O)c1ccc(Sc2ccc(F)cc2)cc1.CC(N)c1ccc(Sc2ccc(F)cc2)cc1.CC[C@H]1COC(=O)N1c1nc(C)nc(Cl)n1.CC[C@H]1COC(=O)N1c1nc(C)nc(N[C@@H](C)c2ccc(Sc3ccc(F)cc3)cc2)n1.CC[C@H]1COC(=O)N1c1nc(C)nc(N[C@H](C)c2ccc(Sc3ccc(F)cc3)cc2)n1.Fc1ccc(S)cc1. The van der Waals surface area contributed by atoms with Gasteiger partial charge in [-0.05, 0) is 297 Å². The topological polar surface area (TPSA) is 289 Å². The van der Waals surface area contributed by atoms with Crippen LogP contribution in [0.25, 0.3) is 0 Å². The van der Waals surface area contributed by atoms with Gasteiger partial charge in [0.1, 0.15) is 72.2 Å². The molecule has 3 aliphatic rings. The number of cyclic esters (lactones) is 3. The van der Waals surface area contributed by atoms with E-state index in [2.05, 4.69) is 68.1 Å². The van der Waals surface area contributed by atoms with Gasteiger partial charge in [0.2, 0.25) is 35.0 Å². The number of thiol groups is 1. The zero-order chi connectivity index (χ0) is 95.1. The summed E-state index contributed by atoms with van der Waals surface area (Å²) >= 11 is 16.0. The molecule has 132 heavy (non-hydrogen) atoms. The first-order chi connectivity index (χ1) is 63.2. The third-order valence-corrected chi connectivity index (χ3v) is 24.0. The van der Waals surface area contributed by atoms with Crippen LogP contribution in [0, 0.1) is 55.7 Å². The Balaban J connectivity index is 0.000000167. The van der Waals surface area contributed by atoms with Gasteiger partial charge in [0.15, 0.2) is 11.6 Å². The summed E-state index contributed by atoms with van der Waals surface area (Å²) < 4.78 is 91.2. The number of halogens is 7. The van der Waals surface area contributed by atoms with Crippen molar-refractivity contribution >= 4 is 131 Å². The van der Waals surface area contributed by atoms with Crippen molar-refractivity contribution in [3.8, 4) is 0 Å². The van der Waals surface area contributed by atoms with E-state index in [1.807, 2.05) is 126 Å². The maximum absolute atomic E-state index is 13.1. The number of Topliss-reactive ketones (excluding diaryl/α,β-unsaturated/α-hetero) is 2. The fraction of sp³-hybridized carbons (Fsp3) is 0.237. The van der Waals surface area contributed by atoms with Gasteiger partial charge in [-0.2, -0.15) is 39.9 Å². The molecule has 35 heteroatoms. The van der Waals surface area contributed by atoms with Gasteiger partial charge in [0.25, 0.3) is 0 Å². The first kappa shape index (κ1) is 102. The van der Waals surface area contributed by atoms with Crippen molar-refractivity contribution < 1.29 is 64.5 Å².